The summed E-state index contributed by atoms with van der Waals surface area (Å²) in [7, 11) is 0. The minimum Gasteiger partial charge on any atom is -0.327 e. The molecular weight excluding hydrogens is 367 g/mol. The third-order valence-corrected chi connectivity index (χ3v) is 5.28. The second-order valence-corrected chi connectivity index (χ2v) is 7.02. The van der Waals surface area contributed by atoms with Crippen LogP contribution >= 0.6 is 11.5 Å². The van der Waals surface area contributed by atoms with Gasteiger partial charge in [0.2, 0.25) is 5.91 Å². The molecule has 0 aliphatic carbocycles. The molecule has 4 rings (SSSR count). The van der Waals surface area contributed by atoms with Gasteiger partial charge in [0.15, 0.2) is 16.7 Å². The lowest BCUT2D eigenvalue weighted by Gasteiger charge is -2.32. The van der Waals surface area contributed by atoms with Crippen molar-refractivity contribution in [3.63, 3.8) is 0 Å². The van der Waals surface area contributed by atoms with Crippen molar-refractivity contribution < 1.29 is 9.18 Å². The van der Waals surface area contributed by atoms with Crippen LogP contribution in [0.15, 0.2) is 30.3 Å². The summed E-state index contributed by atoms with van der Waals surface area (Å²) in [6.07, 6.45) is 3.19. The molecule has 1 aromatic carbocycles. The summed E-state index contributed by atoms with van der Waals surface area (Å²) >= 11 is 1.29. The number of carbonyl (C=O) groups is 1. The Morgan fingerprint density at radius 3 is 2.74 bits per heavy atom. The van der Waals surface area contributed by atoms with E-state index in [1.54, 1.807) is 23.1 Å². The van der Waals surface area contributed by atoms with Crippen molar-refractivity contribution in [3.05, 3.63) is 53.4 Å². The number of aryl methyl sites for hydroxylation is 1. The maximum absolute atomic E-state index is 13.0. The maximum atomic E-state index is 13.0. The number of hydrogen-bond acceptors (Lipinski definition) is 6. The molecule has 0 saturated carbocycles. The van der Waals surface area contributed by atoms with Gasteiger partial charge in [-0.3, -0.25) is 4.79 Å². The zero-order valence-corrected chi connectivity index (χ0v) is 15.6. The van der Waals surface area contributed by atoms with Crippen LogP contribution in [0.25, 0.3) is 16.9 Å². The van der Waals surface area contributed by atoms with Crippen LogP contribution in [0, 0.1) is 12.7 Å². The summed E-state index contributed by atoms with van der Waals surface area (Å²) in [5.41, 5.74) is 0.770. The number of aromatic nitrogens is 5. The van der Waals surface area contributed by atoms with Gasteiger partial charge in [-0.25, -0.2) is 9.37 Å². The van der Waals surface area contributed by atoms with Gasteiger partial charge in [0.1, 0.15) is 11.6 Å². The van der Waals surface area contributed by atoms with Gasteiger partial charge >= 0.3 is 0 Å². The molecule has 1 unspecified atom stereocenters. The number of nitrogens with zero attached hydrogens (tertiary/aromatic N) is 6. The molecule has 0 saturated heterocycles. The van der Waals surface area contributed by atoms with E-state index in [1.165, 1.54) is 29.7 Å². The molecule has 2 aromatic heterocycles. The SMILES string of the molecule is Cc1nsc(-c2nnc3n2CCN(C(=O)C=Cc2ccc(F)cc2)C3C)n1. The van der Waals surface area contributed by atoms with E-state index in [0.717, 1.165) is 16.4 Å². The molecule has 1 aliphatic heterocycles. The predicted octanol–water partition coefficient (Wildman–Crippen LogP) is 2.86. The summed E-state index contributed by atoms with van der Waals surface area (Å²) in [5.74, 6) is 1.71. The number of hydrogen-bond donors (Lipinski definition) is 0. The van der Waals surface area contributed by atoms with Crippen LogP contribution in [0.3, 0.4) is 0 Å². The van der Waals surface area contributed by atoms with Crippen molar-refractivity contribution in [1.82, 2.24) is 29.0 Å². The highest BCUT2D eigenvalue weighted by atomic mass is 32.1. The molecule has 27 heavy (non-hydrogen) atoms. The third-order valence-electron chi connectivity index (χ3n) is 4.48. The Bertz CT molecular complexity index is 1010. The maximum Gasteiger partial charge on any atom is 0.247 e. The second-order valence-electron chi connectivity index (χ2n) is 6.27. The lowest BCUT2D eigenvalue weighted by Crippen LogP contribution is -2.40. The standard InChI is InChI=1S/C18H17FN6OS/c1-11-16-21-22-17(18-20-12(2)23-27-18)25(16)10-9-24(11)15(26)8-5-13-3-6-14(19)7-4-13/h3-8,11H,9-10H2,1-2H3. The average Bonchev–Trinajstić information content (AvgIpc) is 3.27. The zero-order valence-electron chi connectivity index (χ0n) is 14.8. The van der Waals surface area contributed by atoms with Crippen LogP contribution < -0.4 is 0 Å². The summed E-state index contributed by atoms with van der Waals surface area (Å²) < 4.78 is 19.2. The van der Waals surface area contributed by atoms with Gasteiger partial charge in [-0.2, -0.15) is 4.37 Å². The van der Waals surface area contributed by atoms with Gasteiger partial charge in [-0.15, -0.1) is 10.2 Å². The van der Waals surface area contributed by atoms with Gasteiger partial charge in [0, 0.05) is 19.2 Å². The highest BCUT2D eigenvalue weighted by Gasteiger charge is 2.31. The lowest BCUT2D eigenvalue weighted by molar-refractivity contribution is -0.129. The number of fused-ring (bicyclic) bond motifs is 1. The normalized spacial score (nSPS) is 16.7. The smallest absolute Gasteiger partial charge is 0.247 e. The largest absolute Gasteiger partial charge is 0.327 e. The Labute approximate surface area is 159 Å². The molecular formula is C18H17FN6OS. The summed E-state index contributed by atoms with van der Waals surface area (Å²) in [6.45, 7) is 4.91. The van der Waals surface area contributed by atoms with E-state index in [2.05, 4.69) is 19.6 Å². The molecule has 0 radical (unpaired) electrons. The van der Waals surface area contributed by atoms with Crippen LogP contribution in [-0.2, 0) is 11.3 Å². The Morgan fingerprint density at radius 2 is 2.04 bits per heavy atom. The van der Waals surface area contributed by atoms with E-state index in [9.17, 15) is 9.18 Å². The summed E-state index contributed by atoms with van der Waals surface area (Å²) in [4.78, 5) is 18.8. The van der Waals surface area contributed by atoms with Gasteiger partial charge < -0.3 is 9.47 Å². The highest BCUT2D eigenvalue weighted by molar-refractivity contribution is 7.09. The van der Waals surface area contributed by atoms with Crippen molar-refractivity contribution in [2.24, 2.45) is 0 Å². The van der Waals surface area contributed by atoms with Crippen LogP contribution in [0.1, 0.15) is 30.2 Å². The topological polar surface area (TPSA) is 76.8 Å². The molecule has 1 aliphatic rings. The summed E-state index contributed by atoms with van der Waals surface area (Å²) in [6, 6.07) is 5.79. The zero-order chi connectivity index (χ0) is 19.0. The lowest BCUT2D eigenvalue weighted by atomic mass is 10.1. The Kier molecular flexibility index (Phi) is 4.53. The molecule has 0 N–H and O–H groups in total. The number of benzene rings is 1. The van der Waals surface area contributed by atoms with Gasteiger partial charge in [0.25, 0.3) is 0 Å². The molecule has 0 fully saturated rings. The number of carbonyl (C=O) groups excluding carboxylic acids is 1. The minimum atomic E-state index is -0.302. The van der Waals surface area contributed by atoms with E-state index < -0.39 is 0 Å². The van der Waals surface area contributed by atoms with Gasteiger partial charge in [0.05, 0.1) is 6.04 Å². The highest BCUT2D eigenvalue weighted by Crippen LogP contribution is 2.29. The number of amides is 1. The minimum absolute atomic E-state index is 0.116. The fourth-order valence-electron chi connectivity index (χ4n) is 3.07. The monoisotopic (exact) mass is 384 g/mol. The Balaban J connectivity index is 1.53. The molecule has 1 atom stereocenters. The van der Waals surface area contributed by atoms with E-state index in [-0.39, 0.29) is 17.8 Å². The van der Waals surface area contributed by atoms with E-state index in [0.29, 0.717) is 24.7 Å². The fraction of sp³-hybridized carbons (Fsp3) is 0.278. The third kappa shape index (κ3) is 3.37. The first kappa shape index (κ1) is 17.5. The molecule has 0 bridgehead atoms. The molecule has 3 aromatic rings. The van der Waals surface area contributed by atoms with Crippen molar-refractivity contribution in [3.8, 4) is 10.8 Å². The number of rotatable bonds is 3. The first-order valence-electron chi connectivity index (χ1n) is 8.51. The number of halogens is 1. The Morgan fingerprint density at radius 1 is 1.26 bits per heavy atom. The van der Waals surface area contributed by atoms with Crippen molar-refractivity contribution in [2.75, 3.05) is 6.54 Å². The average molecular weight is 384 g/mol. The Hall–Kier alpha value is -2.94. The van der Waals surface area contributed by atoms with E-state index in [1.807, 2.05) is 18.4 Å². The van der Waals surface area contributed by atoms with Crippen LogP contribution in [0.2, 0.25) is 0 Å². The van der Waals surface area contributed by atoms with Gasteiger partial charge in [-0.05, 0) is 49.2 Å². The van der Waals surface area contributed by atoms with Crippen molar-refractivity contribution in [1.29, 1.82) is 0 Å². The predicted molar refractivity (Wildman–Crippen MR) is 99.2 cm³/mol. The van der Waals surface area contributed by atoms with Crippen molar-refractivity contribution in [2.45, 2.75) is 26.4 Å². The van der Waals surface area contributed by atoms with Crippen LogP contribution in [0.4, 0.5) is 4.39 Å². The fourth-order valence-corrected chi connectivity index (χ4v) is 3.73. The quantitative estimate of drug-likeness (QED) is 0.649. The van der Waals surface area contributed by atoms with Gasteiger partial charge in [-0.1, -0.05) is 12.1 Å². The van der Waals surface area contributed by atoms with E-state index >= 15 is 0 Å². The first-order chi connectivity index (χ1) is 13.0. The molecule has 3 heterocycles. The summed E-state index contributed by atoms with van der Waals surface area (Å²) in [5, 5.41) is 9.26. The molecule has 1 amide bonds. The second kappa shape index (κ2) is 6.99. The van der Waals surface area contributed by atoms with Crippen LogP contribution in [0.5, 0.6) is 0 Å². The van der Waals surface area contributed by atoms with Crippen molar-refractivity contribution >= 4 is 23.5 Å². The van der Waals surface area contributed by atoms with E-state index in [4.69, 9.17) is 0 Å². The van der Waals surface area contributed by atoms with Crippen LogP contribution in [-0.4, -0.2) is 41.5 Å². The molecule has 0 spiro atoms. The molecule has 9 heteroatoms. The molecule has 7 nitrogen and oxygen atoms in total. The first-order valence-corrected chi connectivity index (χ1v) is 9.28. The molecule has 138 valence electrons.